The van der Waals surface area contributed by atoms with Crippen molar-refractivity contribution in [3.05, 3.63) is 0 Å². The minimum atomic E-state index is -0.402. The number of hydrogen-bond donors (Lipinski definition) is 3. The van der Waals surface area contributed by atoms with Crippen molar-refractivity contribution in [1.29, 1.82) is 0 Å². The van der Waals surface area contributed by atoms with Crippen LogP contribution in [0, 0.1) is 5.41 Å². The molecule has 0 aliphatic rings. The Balaban J connectivity index is 3.51. The number of carbonyl (C=O) groups is 2. The first-order valence-electron chi connectivity index (χ1n) is 6.63. The predicted octanol–water partition coefficient (Wildman–Crippen LogP) is 0.655. The zero-order valence-electron chi connectivity index (χ0n) is 12.1. The molecular formula is C13H27N3O2. The van der Waals surface area contributed by atoms with Gasteiger partial charge in [-0.2, -0.15) is 0 Å². The van der Waals surface area contributed by atoms with Crippen molar-refractivity contribution in [2.24, 2.45) is 5.41 Å². The minimum absolute atomic E-state index is 0.0255. The summed E-state index contributed by atoms with van der Waals surface area (Å²) in [4.78, 5) is 22.9. The van der Waals surface area contributed by atoms with E-state index in [1.165, 1.54) is 0 Å². The summed E-state index contributed by atoms with van der Waals surface area (Å²) in [6, 6.07) is 0. The third kappa shape index (κ3) is 8.98. The van der Waals surface area contributed by atoms with E-state index in [0.29, 0.717) is 19.5 Å². The Morgan fingerprint density at radius 3 is 2.17 bits per heavy atom. The first-order valence-corrected chi connectivity index (χ1v) is 6.63. The monoisotopic (exact) mass is 257 g/mol. The molecule has 0 spiro atoms. The topological polar surface area (TPSA) is 70.2 Å². The van der Waals surface area contributed by atoms with Gasteiger partial charge in [-0.05, 0) is 13.0 Å². The molecule has 0 aromatic carbocycles. The molecule has 5 heteroatoms. The van der Waals surface area contributed by atoms with Gasteiger partial charge in [0.05, 0.1) is 0 Å². The molecule has 0 aliphatic heterocycles. The molecule has 0 heterocycles. The molecule has 3 N–H and O–H groups in total. The van der Waals surface area contributed by atoms with Crippen molar-refractivity contribution in [3.8, 4) is 0 Å². The second-order valence-corrected chi connectivity index (χ2v) is 5.36. The summed E-state index contributed by atoms with van der Waals surface area (Å²) in [5.74, 6) is -0.0533. The quantitative estimate of drug-likeness (QED) is 0.559. The van der Waals surface area contributed by atoms with Crippen LogP contribution in [0.25, 0.3) is 0 Å². The van der Waals surface area contributed by atoms with E-state index >= 15 is 0 Å². The van der Waals surface area contributed by atoms with Crippen molar-refractivity contribution in [2.75, 3.05) is 26.2 Å². The molecule has 5 nitrogen and oxygen atoms in total. The van der Waals surface area contributed by atoms with Crippen LogP contribution in [0.2, 0.25) is 0 Å². The Morgan fingerprint density at radius 1 is 0.944 bits per heavy atom. The van der Waals surface area contributed by atoms with E-state index in [2.05, 4.69) is 22.9 Å². The molecule has 0 fully saturated rings. The van der Waals surface area contributed by atoms with Gasteiger partial charge in [-0.25, -0.2) is 0 Å². The summed E-state index contributed by atoms with van der Waals surface area (Å²) in [5, 5.41) is 8.75. The van der Waals surface area contributed by atoms with Crippen molar-refractivity contribution in [3.63, 3.8) is 0 Å². The summed E-state index contributed by atoms with van der Waals surface area (Å²) in [6.45, 7) is 10.4. The summed E-state index contributed by atoms with van der Waals surface area (Å²) >= 11 is 0. The molecule has 0 rings (SSSR count). The van der Waals surface area contributed by atoms with E-state index in [0.717, 1.165) is 19.5 Å². The third-order valence-electron chi connectivity index (χ3n) is 2.37. The lowest BCUT2D eigenvalue weighted by molar-refractivity contribution is -0.128. The van der Waals surface area contributed by atoms with E-state index < -0.39 is 5.41 Å². The molecule has 0 aromatic rings. The lowest BCUT2D eigenvalue weighted by Gasteiger charge is -2.17. The van der Waals surface area contributed by atoms with Crippen LogP contribution in [0.5, 0.6) is 0 Å². The van der Waals surface area contributed by atoms with E-state index in [9.17, 15) is 9.59 Å². The Hall–Kier alpha value is -1.10. The number of nitrogens with one attached hydrogen (secondary N) is 3. The van der Waals surface area contributed by atoms with Gasteiger partial charge in [0.25, 0.3) is 0 Å². The highest BCUT2D eigenvalue weighted by Gasteiger charge is 2.20. The Morgan fingerprint density at radius 2 is 1.61 bits per heavy atom. The number of hydrogen-bond acceptors (Lipinski definition) is 3. The van der Waals surface area contributed by atoms with Gasteiger partial charge in [0.15, 0.2) is 0 Å². The molecule has 0 atom stereocenters. The fourth-order valence-electron chi connectivity index (χ4n) is 1.24. The molecule has 0 aliphatic carbocycles. The van der Waals surface area contributed by atoms with E-state index in [1.54, 1.807) is 0 Å². The molecule has 2 amide bonds. The highest BCUT2D eigenvalue weighted by Crippen LogP contribution is 2.11. The van der Waals surface area contributed by atoms with Crippen molar-refractivity contribution in [2.45, 2.75) is 40.5 Å². The normalized spacial score (nSPS) is 11.1. The van der Waals surface area contributed by atoms with Crippen LogP contribution >= 0.6 is 0 Å². The van der Waals surface area contributed by atoms with Crippen molar-refractivity contribution < 1.29 is 9.59 Å². The summed E-state index contributed by atoms with van der Waals surface area (Å²) < 4.78 is 0. The van der Waals surface area contributed by atoms with Crippen LogP contribution in [0.4, 0.5) is 0 Å². The van der Waals surface area contributed by atoms with E-state index in [1.807, 2.05) is 20.8 Å². The number of carbonyl (C=O) groups excluding carboxylic acids is 2. The highest BCUT2D eigenvalue weighted by molar-refractivity contribution is 5.82. The molecule has 0 unspecified atom stereocenters. The molecule has 106 valence electrons. The van der Waals surface area contributed by atoms with Gasteiger partial charge >= 0.3 is 0 Å². The third-order valence-corrected chi connectivity index (χ3v) is 2.37. The van der Waals surface area contributed by atoms with Crippen molar-refractivity contribution >= 4 is 11.8 Å². The van der Waals surface area contributed by atoms with Crippen LogP contribution in [0.1, 0.15) is 40.5 Å². The van der Waals surface area contributed by atoms with Gasteiger partial charge < -0.3 is 16.0 Å². The molecule has 0 radical (unpaired) electrons. The fraction of sp³-hybridized carbons (Fsp3) is 0.846. The summed E-state index contributed by atoms with van der Waals surface area (Å²) in [6.07, 6.45) is 1.42. The van der Waals surface area contributed by atoms with Crippen LogP contribution in [0.15, 0.2) is 0 Å². The van der Waals surface area contributed by atoms with E-state index in [4.69, 9.17) is 0 Å². The molecule has 0 saturated heterocycles. The Bertz CT molecular complexity index is 259. The second-order valence-electron chi connectivity index (χ2n) is 5.36. The average molecular weight is 257 g/mol. The maximum atomic E-state index is 11.5. The van der Waals surface area contributed by atoms with Crippen LogP contribution < -0.4 is 16.0 Å². The van der Waals surface area contributed by atoms with Gasteiger partial charge in [-0.1, -0.05) is 27.7 Å². The molecule has 0 aromatic heterocycles. The summed E-state index contributed by atoms with van der Waals surface area (Å²) in [7, 11) is 0. The molecule has 0 bridgehead atoms. The zero-order chi connectivity index (χ0) is 14.0. The minimum Gasteiger partial charge on any atom is -0.355 e. The number of amides is 2. The van der Waals surface area contributed by atoms with Gasteiger partial charge in [0.2, 0.25) is 11.8 Å². The largest absolute Gasteiger partial charge is 0.355 e. The standard InChI is InChI=1S/C13H27N3O2/c1-5-7-14-9-10-15-11(17)6-8-16-12(18)13(2,3)4/h14H,5-10H2,1-4H3,(H,15,17)(H,16,18). The lowest BCUT2D eigenvalue weighted by atomic mass is 9.96. The van der Waals surface area contributed by atoms with Gasteiger partial charge in [0.1, 0.15) is 0 Å². The van der Waals surface area contributed by atoms with Crippen LogP contribution in [0.3, 0.4) is 0 Å². The van der Waals surface area contributed by atoms with E-state index in [-0.39, 0.29) is 11.8 Å². The lowest BCUT2D eigenvalue weighted by Crippen LogP contribution is -2.38. The zero-order valence-corrected chi connectivity index (χ0v) is 12.1. The molecule has 18 heavy (non-hydrogen) atoms. The fourth-order valence-corrected chi connectivity index (χ4v) is 1.24. The SMILES string of the molecule is CCCNCCNC(=O)CCNC(=O)C(C)(C)C. The van der Waals surface area contributed by atoms with Gasteiger partial charge in [0, 0.05) is 31.5 Å². The molecule has 0 saturated carbocycles. The predicted molar refractivity (Wildman–Crippen MR) is 73.3 cm³/mol. The average Bonchev–Trinajstić information content (AvgIpc) is 2.27. The first-order chi connectivity index (χ1) is 8.38. The first kappa shape index (κ1) is 16.9. The van der Waals surface area contributed by atoms with Crippen LogP contribution in [-0.4, -0.2) is 38.0 Å². The van der Waals surface area contributed by atoms with Gasteiger partial charge in [-0.3, -0.25) is 9.59 Å². The second kappa shape index (κ2) is 8.91. The highest BCUT2D eigenvalue weighted by atomic mass is 16.2. The molecular weight excluding hydrogens is 230 g/mol. The van der Waals surface area contributed by atoms with Crippen LogP contribution in [-0.2, 0) is 9.59 Å². The summed E-state index contributed by atoms with van der Waals surface area (Å²) in [5.41, 5.74) is -0.402. The number of rotatable bonds is 8. The Labute approximate surface area is 110 Å². The van der Waals surface area contributed by atoms with Crippen molar-refractivity contribution in [1.82, 2.24) is 16.0 Å². The Kier molecular flexibility index (Phi) is 8.37. The maximum absolute atomic E-state index is 11.5. The smallest absolute Gasteiger partial charge is 0.225 e. The van der Waals surface area contributed by atoms with Gasteiger partial charge in [-0.15, -0.1) is 0 Å². The maximum Gasteiger partial charge on any atom is 0.225 e.